The molecule has 1 saturated heterocycles. The maximum atomic E-state index is 12.8. The molecule has 1 fully saturated rings. The standard InChI is InChI=1S/C26H31N7O2S/c1-27-16-29-26(31-20-2-3-22-24(13-20)36-17-30-22)19-12-23(28-14-19)18-4-10-33(11-5-18)25(35)15-32-8-6-21(34)7-9-32/h2-4,12-13,16-17,21,28,31,34H,1,5-11,14-15H2/b26-19+,29-16-. The number of anilines is 1. The van der Waals surface area contributed by atoms with E-state index in [1.165, 1.54) is 11.9 Å². The summed E-state index contributed by atoms with van der Waals surface area (Å²) in [5.41, 5.74) is 7.07. The number of amides is 1. The molecule has 0 saturated carbocycles. The lowest BCUT2D eigenvalue weighted by Crippen LogP contribution is -2.45. The average Bonchev–Trinajstić information content (AvgIpc) is 3.58. The Morgan fingerprint density at radius 2 is 2.19 bits per heavy atom. The fraction of sp³-hybridized carbons (Fsp3) is 0.385. The van der Waals surface area contributed by atoms with Crippen molar-refractivity contribution in [2.24, 2.45) is 9.98 Å². The van der Waals surface area contributed by atoms with E-state index in [1.807, 2.05) is 22.5 Å². The Hall–Kier alpha value is -3.34. The third-order valence-corrected chi connectivity index (χ3v) is 7.57. The van der Waals surface area contributed by atoms with Crippen LogP contribution in [-0.4, -0.2) is 84.2 Å². The number of carbonyl (C=O) groups excluding carboxylic acids is 1. The summed E-state index contributed by atoms with van der Waals surface area (Å²) in [6.45, 7) is 7.47. The molecule has 10 heteroatoms. The molecule has 1 aromatic heterocycles. The summed E-state index contributed by atoms with van der Waals surface area (Å²) in [6, 6.07) is 6.06. The number of thiazole rings is 1. The first-order chi connectivity index (χ1) is 17.6. The number of fused-ring (bicyclic) bond motifs is 1. The lowest BCUT2D eigenvalue weighted by molar-refractivity contribution is -0.132. The van der Waals surface area contributed by atoms with Gasteiger partial charge in [-0.1, -0.05) is 6.08 Å². The fourth-order valence-corrected chi connectivity index (χ4v) is 5.41. The monoisotopic (exact) mass is 505 g/mol. The summed E-state index contributed by atoms with van der Waals surface area (Å²) in [4.78, 5) is 29.4. The van der Waals surface area contributed by atoms with Crippen molar-refractivity contribution in [3.63, 3.8) is 0 Å². The molecule has 188 valence electrons. The first-order valence-corrected chi connectivity index (χ1v) is 13.1. The molecule has 3 aliphatic rings. The van der Waals surface area contributed by atoms with Gasteiger partial charge in [-0.3, -0.25) is 14.7 Å². The highest BCUT2D eigenvalue weighted by molar-refractivity contribution is 7.16. The molecule has 4 heterocycles. The number of piperidine rings is 1. The van der Waals surface area contributed by atoms with E-state index in [0.717, 1.165) is 59.5 Å². The van der Waals surface area contributed by atoms with Gasteiger partial charge in [-0.15, -0.1) is 11.3 Å². The Bertz CT molecular complexity index is 1250. The van der Waals surface area contributed by atoms with E-state index in [2.05, 4.69) is 55.4 Å². The highest BCUT2D eigenvalue weighted by atomic mass is 32.1. The maximum absolute atomic E-state index is 12.8. The number of carbonyl (C=O) groups is 1. The molecule has 0 unspecified atom stereocenters. The van der Waals surface area contributed by atoms with Gasteiger partial charge in [-0.25, -0.2) is 9.98 Å². The number of rotatable bonds is 7. The Balaban J connectivity index is 1.25. The number of aliphatic imine (C=N–C) groups is 2. The minimum atomic E-state index is -0.223. The lowest BCUT2D eigenvalue weighted by atomic mass is 10.0. The molecule has 36 heavy (non-hydrogen) atoms. The second kappa shape index (κ2) is 11.2. The molecule has 9 nitrogen and oxygen atoms in total. The van der Waals surface area contributed by atoms with E-state index in [4.69, 9.17) is 0 Å². The van der Waals surface area contributed by atoms with Crippen LogP contribution in [0.5, 0.6) is 0 Å². The van der Waals surface area contributed by atoms with Gasteiger partial charge in [-0.05, 0) is 55.8 Å². The van der Waals surface area contributed by atoms with Crippen LogP contribution in [0.4, 0.5) is 5.69 Å². The maximum Gasteiger partial charge on any atom is 0.237 e. The molecule has 0 aliphatic carbocycles. The number of likely N-dealkylation sites (tertiary alicyclic amines) is 1. The Morgan fingerprint density at radius 1 is 1.33 bits per heavy atom. The first-order valence-electron chi connectivity index (χ1n) is 12.2. The van der Waals surface area contributed by atoms with Crippen LogP contribution in [0.1, 0.15) is 19.3 Å². The van der Waals surface area contributed by atoms with Gasteiger partial charge in [0, 0.05) is 49.7 Å². The molecule has 1 amide bonds. The van der Waals surface area contributed by atoms with Crippen LogP contribution in [0.15, 0.2) is 68.5 Å². The predicted molar refractivity (Wildman–Crippen MR) is 145 cm³/mol. The van der Waals surface area contributed by atoms with Crippen molar-refractivity contribution in [1.82, 2.24) is 20.1 Å². The second-order valence-corrected chi connectivity index (χ2v) is 10.1. The van der Waals surface area contributed by atoms with Crippen molar-refractivity contribution in [2.45, 2.75) is 25.4 Å². The molecule has 2 aromatic rings. The molecule has 0 radical (unpaired) electrons. The highest BCUT2D eigenvalue weighted by Gasteiger charge is 2.25. The first kappa shape index (κ1) is 24.4. The van der Waals surface area contributed by atoms with E-state index >= 15 is 0 Å². The third kappa shape index (κ3) is 5.72. The zero-order chi connectivity index (χ0) is 24.9. The molecular formula is C26H31N7O2S. The Kier molecular flexibility index (Phi) is 7.55. The van der Waals surface area contributed by atoms with Gasteiger partial charge in [-0.2, -0.15) is 0 Å². The van der Waals surface area contributed by atoms with Crippen molar-refractivity contribution in [3.05, 3.63) is 58.5 Å². The summed E-state index contributed by atoms with van der Waals surface area (Å²) < 4.78 is 1.11. The summed E-state index contributed by atoms with van der Waals surface area (Å²) >= 11 is 1.60. The van der Waals surface area contributed by atoms with E-state index in [-0.39, 0.29) is 12.0 Å². The van der Waals surface area contributed by atoms with Gasteiger partial charge in [0.1, 0.15) is 12.2 Å². The minimum Gasteiger partial charge on any atom is -0.393 e. The molecule has 0 atom stereocenters. The zero-order valence-electron chi connectivity index (χ0n) is 20.2. The number of benzene rings is 1. The quantitative estimate of drug-likeness (QED) is 0.395. The normalized spacial score (nSPS) is 20.9. The number of allylic oxidation sites excluding steroid dienone is 1. The van der Waals surface area contributed by atoms with Crippen molar-refractivity contribution < 1.29 is 9.90 Å². The number of aromatic nitrogens is 1. The molecule has 3 aliphatic heterocycles. The largest absolute Gasteiger partial charge is 0.393 e. The van der Waals surface area contributed by atoms with Gasteiger partial charge >= 0.3 is 0 Å². The SMILES string of the molecule is C=N/C=N\C(Nc1ccc2ncsc2c1)=C1\C=C(C2=CCN(C(=O)CN3CCC(O)CC3)CC2)NC1. The van der Waals surface area contributed by atoms with Gasteiger partial charge in [0.25, 0.3) is 0 Å². The van der Waals surface area contributed by atoms with Crippen LogP contribution in [0, 0.1) is 0 Å². The molecule has 1 aromatic carbocycles. The van der Waals surface area contributed by atoms with Crippen LogP contribution in [0.3, 0.4) is 0 Å². The van der Waals surface area contributed by atoms with Crippen LogP contribution in [0.2, 0.25) is 0 Å². The molecule has 5 rings (SSSR count). The summed E-state index contributed by atoms with van der Waals surface area (Å²) in [7, 11) is 0. The van der Waals surface area contributed by atoms with Crippen LogP contribution in [-0.2, 0) is 4.79 Å². The van der Waals surface area contributed by atoms with Crippen molar-refractivity contribution in [3.8, 4) is 0 Å². The summed E-state index contributed by atoms with van der Waals surface area (Å²) in [5, 5.41) is 16.6. The van der Waals surface area contributed by atoms with Gasteiger partial charge in [0.15, 0.2) is 0 Å². The van der Waals surface area contributed by atoms with Crippen molar-refractivity contribution in [1.29, 1.82) is 0 Å². The average molecular weight is 506 g/mol. The minimum absolute atomic E-state index is 0.159. The summed E-state index contributed by atoms with van der Waals surface area (Å²) in [6.07, 6.45) is 7.78. The number of hydrogen-bond acceptors (Lipinski definition) is 8. The molecule has 0 spiro atoms. The number of aliphatic hydroxyl groups excluding tert-OH is 1. The number of aliphatic hydroxyl groups is 1. The third-order valence-electron chi connectivity index (χ3n) is 6.78. The van der Waals surface area contributed by atoms with Crippen molar-refractivity contribution >= 4 is 46.2 Å². The fourth-order valence-electron chi connectivity index (χ4n) is 4.70. The Morgan fingerprint density at radius 3 is 2.97 bits per heavy atom. The summed E-state index contributed by atoms with van der Waals surface area (Å²) in [5.74, 6) is 0.875. The van der Waals surface area contributed by atoms with Crippen LogP contribution >= 0.6 is 11.3 Å². The smallest absolute Gasteiger partial charge is 0.237 e. The number of nitrogens with one attached hydrogen (secondary N) is 2. The van der Waals surface area contributed by atoms with Gasteiger partial charge in [0.05, 0.1) is 28.4 Å². The predicted octanol–water partition coefficient (Wildman–Crippen LogP) is 2.75. The molecule has 0 bridgehead atoms. The van der Waals surface area contributed by atoms with E-state index in [1.54, 1.807) is 11.3 Å². The van der Waals surface area contributed by atoms with Crippen LogP contribution in [0.25, 0.3) is 10.2 Å². The highest BCUT2D eigenvalue weighted by Crippen LogP contribution is 2.27. The topological polar surface area (TPSA) is 105 Å². The molecular weight excluding hydrogens is 474 g/mol. The van der Waals surface area contributed by atoms with Crippen LogP contribution < -0.4 is 10.6 Å². The zero-order valence-corrected chi connectivity index (χ0v) is 21.0. The second-order valence-electron chi connectivity index (χ2n) is 9.20. The van der Waals surface area contributed by atoms with E-state index in [9.17, 15) is 9.90 Å². The van der Waals surface area contributed by atoms with E-state index in [0.29, 0.717) is 32.0 Å². The number of nitrogens with zero attached hydrogens (tertiary/aromatic N) is 5. The lowest BCUT2D eigenvalue weighted by Gasteiger charge is -2.32. The Labute approximate surface area is 214 Å². The van der Waals surface area contributed by atoms with Crippen molar-refractivity contribution in [2.75, 3.05) is 44.6 Å². The van der Waals surface area contributed by atoms with E-state index < -0.39 is 0 Å². The van der Waals surface area contributed by atoms with Gasteiger partial charge < -0.3 is 20.6 Å². The number of hydrogen-bond donors (Lipinski definition) is 3. The molecule has 3 N–H and O–H groups in total. The van der Waals surface area contributed by atoms with Gasteiger partial charge in [0.2, 0.25) is 5.91 Å².